The van der Waals surface area contributed by atoms with Gasteiger partial charge in [0, 0.05) is 24.0 Å². The summed E-state index contributed by atoms with van der Waals surface area (Å²) >= 11 is 5.93. The van der Waals surface area contributed by atoms with Crippen LogP contribution < -0.4 is 0 Å². The number of nitrogens with zero attached hydrogens (tertiary/aromatic N) is 2. The van der Waals surface area contributed by atoms with Gasteiger partial charge in [0.1, 0.15) is 11.8 Å². The Morgan fingerprint density at radius 3 is 3.19 bits per heavy atom. The van der Waals surface area contributed by atoms with Gasteiger partial charge in [-0.25, -0.2) is 4.98 Å². The molecule has 0 amide bonds. The van der Waals surface area contributed by atoms with E-state index in [1.807, 2.05) is 28.9 Å². The number of aromatic nitrogens is 2. The number of hydrogen-bond acceptors (Lipinski definition) is 2. The van der Waals surface area contributed by atoms with Crippen molar-refractivity contribution in [3.8, 4) is 0 Å². The van der Waals surface area contributed by atoms with Crippen LogP contribution in [0.4, 0.5) is 0 Å². The summed E-state index contributed by atoms with van der Waals surface area (Å²) in [6.07, 6.45) is 7.57. The van der Waals surface area contributed by atoms with Gasteiger partial charge in [0.15, 0.2) is 0 Å². The van der Waals surface area contributed by atoms with Gasteiger partial charge < -0.3 is 9.14 Å². The van der Waals surface area contributed by atoms with Crippen molar-refractivity contribution in [2.45, 2.75) is 25.4 Å². The highest BCUT2D eigenvalue weighted by molar-refractivity contribution is 6.30. The number of halogens is 1. The lowest BCUT2D eigenvalue weighted by Gasteiger charge is -2.20. The lowest BCUT2D eigenvalue weighted by atomic mass is 10.1. The third-order valence-electron chi connectivity index (χ3n) is 2.95. The highest BCUT2D eigenvalue weighted by Gasteiger charge is 2.18. The molecule has 1 fully saturated rings. The van der Waals surface area contributed by atoms with Gasteiger partial charge in [-0.2, -0.15) is 0 Å². The molecule has 0 radical (unpaired) electrons. The van der Waals surface area contributed by atoms with Gasteiger partial charge in [0.2, 0.25) is 0 Å². The van der Waals surface area contributed by atoms with E-state index >= 15 is 0 Å². The Morgan fingerprint density at radius 2 is 2.38 bits per heavy atom. The number of pyridine rings is 1. The fourth-order valence-corrected chi connectivity index (χ4v) is 2.26. The predicted molar refractivity (Wildman–Crippen MR) is 62.7 cm³/mol. The zero-order valence-corrected chi connectivity index (χ0v) is 9.65. The average molecular weight is 237 g/mol. The first-order chi connectivity index (χ1) is 7.83. The summed E-state index contributed by atoms with van der Waals surface area (Å²) in [6.45, 7) is 0.847. The monoisotopic (exact) mass is 236 g/mol. The topological polar surface area (TPSA) is 26.5 Å². The fraction of sp³-hybridized carbons (Fsp3) is 0.417. The summed E-state index contributed by atoms with van der Waals surface area (Å²) in [7, 11) is 0. The highest BCUT2D eigenvalue weighted by Crippen LogP contribution is 2.27. The summed E-state index contributed by atoms with van der Waals surface area (Å²) < 4.78 is 7.70. The van der Waals surface area contributed by atoms with E-state index in [9.17, 15) is 0 Å². The zero-order chi connectivity index (χ0) is 11.0. The molecule has 2 aromatic heterocycles. The first-order valence-corrected chi connectivity index (χ1v) is 5.96. The van der Waals surface area contributed by atoms with Crippen molar-refractivity contribution in [3.05, 3.63) is 35.2 Å². The smallest absolute Gasteiger partial charge is 0.138 e. The molecule has 0 aromatic carbocycles. The molecule has 0 spiro atoms. The summed E-state index contributed by atoms with van der Waals surface area (Å²) in [5.41, 5.74) is 1.90. The van der Waals surface area contributed by atoms with E-state index in [1.54, 1.807) is 0 Å². The van der Waals surface area contributed by atoms with Gasteiger partial charge >= 0.3 is 0 Å². The van der Waals surface area contributed by atoms with Crippen molar-refractivity contribution in [2.24, 2.45) is 0 Å². The van der Waals surface area contributed by atoms with Crippen LogP contribution in [0.15, 0.2) is 24.5 Å². The van der Waals surface area contributed by atoms with Crippen LogP contribution in [0.2, 0.25) is 5.02 Å². The van der Waals surface area contributed by atoms with Crippen molar-refractivity contribution in [2.75, 3.05) is 6.61 Å². The Bertz CT molecular complexity index is 503. The third-order valence-corrected chi connectivity index (χ3v) is 3.19. The minimum atomic E-state index is 0.160. The number of fused-ring (bicyclic) bond motifs is 1. The molecule has 16 heavy (non-hydrogen) atoms. The van der Waals surface area contributed by atoms with Crippen molar-refractivity contribution in [1.82, 2.24) is 9.38 Å². The highest BCUT2D eigenvalue weighted by atomic mass is 35.5. The van der Waals surface area contributed by atoms with Crippen molar-refractivity contribution in [3.63, 3.8) is 0 Å². The molecule has 3 heterocycles. The van der Waals surface area contributed by atoms with Gasteiger partial charge in [0.05, 0.1) is 5.69 Å². The molecule has 4 heteroatoms. The molecule has 0 aliphatic carbocycles. The SMILES string of the molecule is Clc1ccn2cc(C3CCCCO3)nc2c1. The Morgan fingerprint density at radius 1 is 1.44 bits per heavy atom. The first-order valence-electron chi connectivity index (χ1n) is 5.59. The molecular weight excluding hydrogens is 224 g/mol. The number of ether oxygens (including phenoxy) is 1. The second kappa shape index (κ2) is 4.07. The molecule has 0 saturated carbocycles. The second-order valence-corrected chi connectivity index (χ2v) is 4.57. The Hall–Kier alpha value is -1.06. The van der Waals surface area contributed by atoms with Gasteiger partial charge in [-0.1, -0.05) is 11.6 Å². The fourth-order valence-electron chi connectivity index (χ4n) is 2.11. The van der Waals surface area contributed by atoms with E-state index in [0.29, 0.717) is 5.02 Å². The van der Waals surface area contributed by atoms with Gasteiger partial charge in [-0.15, -0.1) is 0 Å². The average Bonchev–Trinajstić information content (AvgIpc) is 2.73. The second-order valence-electron chi connectivity index (χ2n) is 4.13. The maximum Gasteiger partial charge on any atom is 0.138 e. The predicted octanol–water partition coefficient (Wildman–Crippen LogP) is 3.23. The Labute approximate surface area is 99.0 Å². The van der Waals surface area contributed by atoms with Crippen LogP contribution in [-0.4, -0.2) is 16.0 Å². The quantitative estimate of drug-likeness (QED) is 0.760. The minimum Gasteiger partial charge on any atom is -0.372 e. The van der Waals surface area contributed by atoms with Crippen LogP contribution in [0.3, 0.4) is 0 Å². The molecule has 1 aliphatic rings. The van der Waals surface area contributed by atoms with E-state index < -0.39 is 0 Å². The largest absolute Gasteiger partial charge is 0.372 e. The molecular formula is C12H13ClN2O. The van der Waals surface area contributed by atoms with Gasteiger partial charge in [-0.3, -0.25) is 0 Å². The van der Waals surface area contributed by atoms with Crippen LogP contribution in [0.5, 0.6) is 0 Å². The van der Waals surface area contributed by atoms with Crippen molar-refractivity contribution >= 4 is 17.2 Å². The molecule has 3 nitrogen and oxygen atoms in total. The van der Waals surface area contributed by atoms with Crippen LogP contribution in [0, 0.1) is 0 Å². The van der Waals surface area contributed by atoms with Crippen molar-refractivity contribution < 1.29 is 4.74 Å². The molecule has 1 atom stereocenters. The van der Waals surface area contributed by atoms with E-state index in [2.05, 4.69) is 4.98 Å². The molecule has 0 bridgehead atoms. The number of rotatable bonds is 1. The molecule has 1 unspecified atom stereocenters. The summed E-state index contributed by atoms with van der Waals surface area (Å²) in [5.74, 6) is 0. The zero-order valence-electron chi connectivity index (χ0n) is 8.90. The molecule has 3 rings (SSSR count). The molecule has 1 aliphatic heterocycles. The Kier molecular flexibility index (Phi) is 2.58. The van der Waals surface area contributed by atoms with Gasteiger partial charge in [-0.05, 0) is 31.4 Å². The molecule has 2 aromatic rings. The van der Waals surface area contributed by atoms with Gasteiger partial charge in [0.25, 0.3) is 0 Å². The van der Waals surface area contributed by atoms with Crippen LogP contribution in [0.25, 0.3) is 5.65 Å². The third kappa shape index (κ3) is 1.81. The maximum absolute atomic E-state index is 5.93. The molecule has 1 saturated heterocycles. The number of hydrogen-bond donors (Lipinski definition) is 0. The van der Waals surface area contributed by atoms with Crippen molar-refractivity contribution in [1.29, 1.82) is 0 Å². The lowest BCUT2D eigenvalue weighted by Crippen LogP contribution is -2.11. The lowest BCUT2D eigenvalue weighted by molar-refractivity contribution is 0.0126. The van der Waals surface area contributed by atoms with Crippen LogP contribution in [-0.2, 0) is 4.74 Å². The maximum atomic E-state index is 5.93. The van der Waals surface area contributed by atoms with E-state index in [4.69, 9.17) is 16.3 Å². The minimum absolute atomic E-state index is 0.160. The van der Waals surface area contributed by atoms with E-state index in [-0.39, 0.29) is 6.10 Å². The van der Waals surface area contributed by atoms with Crippen LogP contribution in [0.1, 0.15) is 31.1 Å². The normalized spacial score (nSPS) is 21.4. The summed E-state index contributed by atoms with van der Waals surface area (Å²) in [5, 5.41) is 0.717. The summed E-state index contributed by atoms with van der Waals surface area (Å²) in [6, 6.07) is 3.73. The van der Waals surface area contributed by atoms with Crippen LogP contribution >= 0.6 is 11.6 Å². The first kappa shape index (κ1) is 10.1. The number of imidazole rings is 1. The Balaban J connectivity index is 1.97. The molecule has 84 valence electrons. The summed E-state index contributed by atoms with van der Waals surface area (Å²) in [4.78, 5) is 4.55. The van der Waals surface area contributed by atoms with E-state index in [0.717, 1.165) is 30.8 Å². The van der Waals surface area contributed by atoms with E-state index in [1.165, 1.54) is 6.42 Å². The molecule has 0 N–H and O–H groups in total. The standard InChI is InChI=1S/C12H13ClN2O/c13-9-4-5-15-8-10(14-12(15)7-9)11-3-1-2-6-16-11/h4-5,7-8,11H,1-3,6H2.